The molecule has 0 atom stereocenters. The average Bonchev–Trinajstić information content (AvgIpc) is 3.47. The number of hydrogen-bond donors (Lipinski definition) is 2. The molecule has 37 heavy (non-hydrogen) atoms. The van der Waals surface area contributed by atoms with Gasteiger partial charge in [-0.2, -0.15) is 36.5 Å². The predicted octanol–water partition coefficient (Wildman–Crippen LogP) is 4.61. The molecular formula is C21H17F6N7O2S. The molecule has 4 rings (SSSR count). The van der Waals surface area contributed by atoms with Gasteiger partial charge in [0.15, 0.2) is 5.69 Å². The van der Waals surface area contributed by atoms with Crippen LogP contribution in [-0.4, -0.2) is 36.4 Å². The molecule has 0 aliphatic rings. The zero-order valence-corrected chi connectivity index (χ0v) is 20.1. The number of fused-ring (bicyclic) bond motifs is 1. The van der Waals surface area contributed by atoms with Gasteiger partial charge in [-0.25, -0.2) is 4.98 Å². The molecule has 4 aromatic rings. The Labute approximate surface area is 207 Å². The molecule has 0 unspecified atom stereocenters. The summed E-state index contributed by atoms with van der Waals surface area (Å²) in [5.41, 5.74) is 2.77. The number of pyridine rings is 1. The van der Waals surface area contributed by atoms with Crippen LogP contribution in [0.2, 0.25) is 0 Å². The fourth-order valence-corrected chi connectivity index (χ4v) is 4.78. The molecule has 196 valence electrons. The van der Waals surface area contributed by atoms with Crippen molar-refractivity contribution >= 4 is 39.1 Å². The van der Waals surface area contributed by atoms with Crippen molar-refractivity contribution in [2.24, 2.45) is 12.8 Å². The normalized spacial score (nSPS) is 12.4. The monoisotopic (exact) mass is 545 g/mol. The maximum atomic E-state index is 13.7. The summed E-state index contributed by atoms with van der Waals surface area (Å²) in [6.45, 7) is 3.81. The largest absolute Gasteiger partial charge is 0.435 e. The van der Waals surface area contributed by atoms with Crippen LogP contribution in [0.5, 0.6) is 0 Å². The van der Waals surface area contributed by atoms with Crippen molar-refractivity contribution < 1.29 is 35.9 Å². The van der Waals surface area contributed by atoms with Gasteiger partial charge in [-0.05, 0) is 25.5 Å². The molecule has 0 aliphatic carbocycles. The molecule has 16 heteroatoms. The lowest BCUT2D eigenvalue weighted by Crippen LogP contribution is -2.19. The van der Waals surface area contributed by atoms with E-state index in [2.05, 4.69) is 20.5 Å². The minimum atomic E-state index is -4.85. The molecule has 0 aromatic carbocycles. The van der Waals surface area contributed by atoms with Crippen LogP contribution in [0.3, 0.4) is 0 Å². The third-order valence-electron chi connectivity index (χ3n) is 5.51. The number of aromatic nitrogens is 5. The minimum Gasteiger partial charge on any atom is -0.365 e. The third-order valence-corrected chi connectivity index (χ3v) is 6.61. The van der Waals surface area contributed by atoms with Gasteiger partial charge in [0.1, 0.15) is 21.1 Å². The summed E-state index contributed by atoms with van der Waals surface area (Å²) >= 11 is 0.510. The zero-order valence-electron chi connectivity index (χ0n) is 19.2. The topological polar surface area (TPSA) is 121 Å². The number of nitrogens with one attached hydrogen (secondary N) is 1. The molecule has 0 aliphatic heterocycles. The summed E-state index contributed by atoms with van der Waals surface area (Å²) in [7, 11) is 1.11. The predicted molar refractivity (Wildman–Crippen MR) is 121 cm³/mol. The Morgan fingerprint density at radius 3 is 2.24 bits per heavy atom. The first-order valence-corrected chi connectivity index (χ1v) is 11.2. The van der Waals surface area contributed by atoms with Crippen molar-refractivity contribution in [3.05, 3.63) is 46.0 Å². The van der Waals surface area contributed by atoms with Gasteiger partial charge in [0.25, 0.3) is 11.8 Å². The molecule has 0 bridgehead atoms. The molecule has 0 radical (unpaired) electrons. The first-order chi connectivity index (χ1) is 17.1. The number of primary amides is 1. The highest BCUT2D eigenvalue weighted by Crippen LogP contribution is 2.44. The molecule has 0 saturated heterocycles. The van der Waals surface area contributed by atoms with Crippen LogP contribution in [0.4, 0.5) is 32.0 Å². The number of thiophene rings is 1. The van der Waals surface area contributed by atoms with Gasteiger partial charge in [-0.15, -0.1) is 11.3 Å². The van der Waals surface area contributed by atoms with Gasteiger partial charge in [-0.3, -0.25) is 19.0 Å². The fraction of sp³-hybridized carbons (Fsp3) is 0.286. The van der Waals surface area contributed by atoms with Crippen molar-refractivity contribution in [2.75, 3.05) is 5.32 Å². The van der Waals surface area contributed by atoms with Crippen molar-refractivity contribution in [2.45, 2.75) is 32.7 Å². The quantitative estimate of drug-likeness (QED) is 0.355. The molecule has 3 N–H and O–H groups in total. The third kappa shape index (κ3) is 4.63. The Hall–Kier alpha value is -3.95. The van der Waals surface area contributed by atoms with Gasteiger partial charge in [-0.1, -0.05) is 0 Å². The smallest absolute Gasteiger partial charge is 0.365 e. The summed E-state index contributed by atoms with van der Waals surface area (Å²) in [5, 5.41) is 9.72. The van der Waals surface area contributed by atoms with E-state index in [9.17, 15) is 35.9 Å². The highest BCUT2D eigenvalue weighted by Gasteiger charge is 2.37. The second-order valence-electron chi connectivity index (χ2n) is 7.85. The number of nitrogens with zero attached hydrogens (tertiary/aromatic N) is 5. The molecule has 0 fully saturated rings. The van der Waals surface area contributed by atoms with Crippen molar-refractivity contribution in [3.63, 3.8) is 0 Å². The summed E-state index contributed by atoms with van der Waals surface area (Å²) in [6, 6.07) is 1.26. The number of rotatable bonds is 5. The molecule has 4 aromatic heterocycles. The lowest BCUT2D eigenvalue weighted by atomic mass is 10.0. The molecule has 0 saturated carbocycles. The first kappa shape index (κ1) is 26.1. The highest BCUT2D eigenvalue weighted by atomic mass is 32.1. The number of amides is 2. The Morgan fingerprint density at radius 1 is 1.08 bits per heavy atom. The second kappa shape index (κ2) is 8.86. The van der Waals surface area contributed by atoms with Gasteiger partial charge < -0.3 is 11.1 Å². The Morgan fingerprint density at radius 2 is 1.73 bits per heavy atom. The Kier molecular flexibility index (Phi) is 6.26. The van der Waals surface area contributed by atoms with Gasteiger partial charge in [0.2, 0.25) is 0 Å². The second-order valence-corrected chi connectivity index (χ2v) is 8.85. The van der Waals surface area contributed by atoms with E-state index in [1.807, 2.05) is 0 Å². The van der Waals surface area contributed by atoms with E-state index in [1.165, 1.54) is 10.9 Å². The zero-order chi connectivity index (χ0) is 27.4. The van der Waals surface area contributed by atoms with E-state index in [0.717, 1.165) is 13.1 Å². The van der Waals surface area contributed by atoms with E-state index in [4.69, 9.17) is 5.73 Å². The average molecular weight is 545 g/mol. The molecule has 4 heterocycles. The van der Waals surface area contributed by atoms with Gasteiger partial charge in [0, 0.05) is 36.3 Å². The van der Waals surface area contributed by atoms with Crippen LogP contribution < -0.4 is 11.1 Å². The summed E-state index contributed by atoms with van der Waals surface area (Å²) in [4.78, 5) is 28.2. The lowest BCUT2D eigenvalue weighted by molar-refractivity contribution is -0.142. The van der Waals surface area contributed by atoms with Crippen LogP contribution in [0.25, 0.3) is 21.3 Å². The molecule has 9 nitrogen and oxygen atoms in total. The minimum absolute atomic E-state index is 0.0443. The van der Waals surface area contributed by atoms with Crippen LogP contribution in [0, 0.1) is 6.92 Å². The number of halogens is 6. The maximum absolute atomic E-state index is 13.7. The Bertz CT molecular complexity index is 1550. The van der Waals surface area contributed by atoms with E-state index in [1.54, 1.807) is 13.8 Å². The fourth-order valence-electron chi connectivity index (χ4n) is 3.77. The number of carbonyl (C=O) groups excluding carboxylic acids is 2. The number of carbonyl (C=O) groups is 2. The number of anilines is 1. The molecular weight excluding hydrogens is 528 g/mol. The Balaban J connectivity index is 1.97. The standard InChI is InChI=1S/C21H17F6N7O2S/c1-4-34-8(2)10(7-29-34)9-5-12(20(22,23)24)30-19-14(9)15(16(37-19)17(28)35)31-18(36)11-6-13(21(25,26)27)32-33(11)3/h5-7H,4H2,1-3H3,(H2,28,35)(H,31,36). The van der Waals surface area contributed by atoms with Crippen LogP contribution in [0.1, 0.15) is 44.2 Å². The van der Waals surface area contributed by atoms with E-state index in [-0.39, 0.29) is 31.9 Å². The van der Waals surface area contributed by atoms with Crippen LogP contribution >= 0.6 is 11.3 Å². The van der Waals surface area contributed by atoms with Crippen molar-refractivity contribution in [1.29, 1.82) is 0 Å². The molecule has 2 amide bonds. The van der Waals surface area contributed by atoms with Crippen LogP contribution in [-0.2, 0) is 25.9 Å². The number of nitrogens with two attached hydrogens (primary N) is 1. The van der Waals surface area contributed by atoms with E-state index >= 15 is 0 Å². The number of alkyl halides is 6. The van der Waals surface area contributed by atoms with Crippen molar-refractivity contribution in [1.82, 2.24) is 24.5 Å². The molecule has 0 spiro atoms. The van der Waals surface area contributed by atoms with Crippen LogP contribution in [0.15, 0.2) is 18.3 Å². The number of hydrogen-bond acceptors (Lipinski definition) is 6. The summed E-state index contributed by atoms with van der Waals surface area (Å²) < 4.78 is 82.5. The highest BCUT2D eigenvalue weighted by molar-refractivity contribution is 7.21. The maximum Gasteiger partial charge on any atom is 0.435 e. The SMILES string of the molecule is CCn1ncc(-c2cc(C(F)(F)F)nc3sc(C(N)=O)c(NC(=O)c4cc(C(F)(F)F)nn4C)c23)c1C. The van der Waals surface area contributed by atoms with Gasteiger partial charge in [0.05, 0.1) is 11.9 Å². The van der Waals surface area contributed by atoms with E-state index in [0.29, 0.717) is 34.3 Å². The number of aryl methyl sites for hydroxylation is 2. The van der Waals surface area contributed by atoms with E-state index < -0.39 is 41.2 Å². The summed E-state index contributed by atoms with van der Waals surface area (Å²) in [6.07, 6.45) is -8.34. The van der Waals surface area contributed by atoms with Gasteiger partial charge >= 0.3 is 12.4 Å². The summed E-state index contributed by atoms with van der Waals surface area (Å²) in [5.74, 6) is -2.18. The first-order valence-electron chi connectivity index (χ1n) is 10.4. The van der Waals surface area contributed by atoms with Crippen molar-refractivity contribution in [3.8, 4) is 11.1 Å². The lowest BCUT2D eigenvalue weighted by Gasteiger charge is -2.12.